The number of carbonyl (C=O) groups excluding carboxylic acids is 1. The number of nitrogens with one attached hydrogen (secondary N) is 1. The third kappa shape index (κ3) is 6.81. The smallest absolute Gasteiger partial charge is 0.321 e. The fraction of sp³-hybridized carbons (Fsp3) is 0.476. The first-order valence-electron chi connectivity index (χ1n) is 10.9. The molecule has 33 heavy (non-hydrogen) atoms. The van der Waals surface area contributed by atoms with E-state index in [4.69, 9.17) is 19.9 Å². The quantitative estimate of drug-likeness (QED) is 0.390. The number of rotatable bonds is 9. The van der Waals surface area contributed by atoms with Gasteiger partial charge in [0.15, 0.2) is 5.82 Å². The van der Waals surface area contributed by atoms with Gasteiger partial charge in [0.25, 0.3) is 0 Å². The SMILES string of the molecule is NC(=O)c1cccc(N/N=C/c2nc(OCCN3CCOCC3)nc(N3CCOCC3)n2)c1. The van der Waals surface area contributed by atoms with Crippen LogP contribution >= 0.6 is 0 Å². The maximum atomic E-state index is 11.4. The van der Waals surface area contributed by atoms with Crippen LogP contribution in [0.15, 0.2) is 29.4 Å². The predicted molar refractivity (Wildman–Crippen MR) is 122 cm³/mol. The third-order valence-corrected chi connectivity index (χ3v) is 5.18. The Hall–Kier alpha value is -3.35. The van der Waals surface area contributed by atoms with E-state index in [-0.39, 0.29) is 6.01 Å². The largest absolute Gasteiger partial charge is 0.462 e. The Bertz CT molecular complexity index is 961. The molecule has 0 unspecified atom stereocenters. The van der Waals surface area contributed by atoms with Crippen LogP contribution in [0.1, 0.15) is 16.2 Å². The fourth-order valence-corrected chi connectivity index (χ4v) is 3.39. The van der Waals surface area contributed by atoms with E-state index in [1.807, 2.05) is 4.90 Å². The van der Waals surface area contributed by atoms with Gasteiger partial charge in [0.05, 0.1) is 38.3 Å². The Morgan fingerprint density at radius 3 is 2.64 bits per heavy atom. The van der Waals surface area contributed by atoms with Crippen molar-refractivity contribution in [2.75, 3.05) is 76.1 Å². The summed E-state index contributed by atoms with van der Waals surface area (Å²) in [6.07, 6.45) is 1.48. The van der Waals surface area contributed by atoms with E-state index >= 15 is 0 Å². The topological polar surface area (TPSA) is 140 Å². The molecule has 4 rings (SSSR count). The Balaban J connectivity index is 1.44. The number of ether oxygens (including phenoxy) is 3. The predicted octanol–water partition coefficient (Wildman–Crippen LogP) is -0.0359. The highest BCUT2D eigenvalue weighted by atomic mass is 16.5. The van der Waals surface area contributed by atoms with Crippen LogP contribution in [0, 0.1) is 0 Å². The molecule has 3 N–H and O–H groups in total. The molecule has 3 heterocycles. The average Bonchev–Trinajstić information content (AvgIpc) is 2.85. The number of primary amides is 1. The minimum atomic E-state index is -0.505. The first-order chi connectivity index (χ1) is 16.2. The number of aromatic nitrogens is 3. The molecule has 0 radical (unpaired) electrons. The highest BCUT2D eigenvalue weighted by molar-refractivity contribution is 5.93. The summed E-state index contributed by atoms with van der Waals surface area (Å²) >= 11 is 0. The van der Waals surface area contributed by atoms with Gasteiger partial charge in [-0.05, 0) is 18.2 Å². The Kier molecular flexibility index (Phi) is 7.95. The average molecular weight is 457 g/mol. The number of carbonyl (C=O) groups is 1. The second kappa shape index (κ2) is 11.5. The number of anilines is 2. The van der Waals surface area contributed by atoms with Gasteiger partial charge in [-0.1, -0.05) is 6.07 Å². The molecule has 0 atom stereocenters. The molecule has 0 aliphatic carbocycles. The summed E-state index contributed by atoms with van der Waals surface area (Å²) in [5.74, 6) is 0.368. The van der Waals surface area contributed by atoms with Crippen LogP contribution in [0.4, 0.5) is 11.6 Å². The molecule has 2 aliphatic rings. The standard InChI is InChI=1S/C21H28N8O4/c22-19(30)16-2-1-3-17(14-16)27-23-15-18-24-20(29-7-11-32-12-8-29)26-21(25-18)33-13-6-28-4-9-31-10-5-28/h1-3,14-15,27H,4-13H2,(H2,22,30)/b23-15+. The lowest BCUT2D eigenvalue weighted by Gasteiger charge is -2.27. The van der Waals surface area contributed by atoms with Gasteiger partial charge in [0.2, 0.25) is 11.9 Å². The molecule has 1 aromatic heterocycles. The number of hydrogen-bond donors (Lipinski definition) is 2. The summed E-state index contributed by atoms with van der Waals surface area (Å²) in [7, 11) is 0. The summed E-state index contributed by atoms with van der Waals surface area (Å²) in [5.41, 5.74) is 9.19. The van der Waals surface area contributed by atoms with E-state index in [0.29, 0.717) is 55.9 Å². The highest BCUT2D eigenvalue weighted by Gasteiger charge is 2.17. The van der Waals surface area contributed by atoms with Crippen LogP contribution in [0.25, 0.3) is 0 Å². The lowest BCUT2D eigenvalue weighted by molar-refractivity contribution is 0.0317. The molecule has 12 nitrogen and oxygen atoms in total. The van der Waals surface area contributed by atoms with E-state index in [1.54, 1.807) is 24.3 Å². The van der Waals surface area contributed by atoms with Gasteiger partial charge in [0.1, 0.15) is 6.61 Å². The van der Waals surface area contributed by atoms with Crippen molar-refractivity contribution < 1.29 is 19.0 Å². The zero-order chi connectivity index (χ0) is 22.9. The molecule has 1 amide bonds. The van der Waals surface area contributed by atoms with Gasteiger partial charge >= 0.3 is 6.01 Å². The molecule has 2 fully saturated rings. The highest BCUT2D eigenvalue weighted by Crippen LogP contribution is 2.14. The summed E-state index contributed by atoms with van der Waals surface area (Å²) in [5, 5.41) is 4.19. The van der Waals surface area contributed by atoms with Crippen LogP contribution in [-0.4, -0.2) is 97.7 Å². The molecular weight excluding hydrogens is 428 g/mol. The van der Waals surface area contributed by atoms with Gasteiger partial charge in [-0.3, -0.25) is 15.1 Å². The number of nitrogens with zero attached hydrogens (tertiary/aromatic N) is 6. The van der Waals surface area contributed by atoms with E-state index in [2.05, 4.69) is 30.4 Å². The summed E-state index contributed by atoms with van der Waals surface area (Å²) in [6, 6.07) is 7.00. The molecule has 0 saturated carbocycles. The molecule has 12 heteroatoms. The zero-order valence-electron chi connectivity index (χ0n) is 18.4. The zero-order valence-corrected chi connectivity index (χ0v) is 18.4. The number of nitrogens with two attached hydrogens (primary N) is 1. The summed E-state index contributed by atoms with van der Waals surface area (Å²) in [6.45, 7) is 7.08. The van der Waals surface area contributed by atoms with Gasteiger partial charge in [0, 0.05) is 38.3 Å². The Morgan fingerprint density at radius 1 is 1.12 bits per heavy atom. The maximum Gasteiger partial charge on any atom is 0.321 e. The number of benzene rings is 1. The van der Waals surface area contributed by atoms with Crippen LogP contribution in [0.5, 0.6) is 6.01 Å². The van der Waals surface area contributed by atoms with Crippen molar-refractivity contribution >= 4 is 23.8 Å². The third-order valence-electron chi connectivity index (χ3n) is 5.18. The van der Waals surface area contributed by atoms with Crippen LogP contribution in [-0.2, 0) is 9.47 Å². The first-order valence-corrected chi connectivity index (χ1v) is 10.9. The molecular formula is C21H28N8O4. The van der Waals surface area contributed by atoms with Crippen molar-refractivity contribution in [1.29, 1.82) is 0 Å². The van der Waals surface area contributed by atoms with Crippen molar-refractivity contribution in [2.45, 2.75) is 0 Å². The summed E-state index contributed by atoms with van der Waals surface area (Å²) < 4.78 is 16.7. The second-order valence-corrected chi connectivity index (χ2v) is 7.49. The molecule has 1 aromatic carbocycles. The molecule has 0 spiro atoms. The number of hydrazone groups is 1. The van der Waals surface area contributed by atoms with Crippen molar-refractivity contribution in [3.05, 3.63) is 35.7 Å². The van der Waals surface area contributed by atoms with E-state index < -0.39 is 5.91 Å². The molecule has 2 aromatic rings. The maximum absolute atomic E-state index is 11.4. The van der Waals surface area contributed by atoms with Gasteiger partial charge in [-0.2, -0.15) is 20.1 Å². The molecule has 2 aliphatic heterocycles. The number of morpholine rings is 2. The second-order valence-electron chi connectivity index (χ2n) is 7.49. The van der Waals surface area contributed by atoms with Crippen molar-refractivity contribution in [2.24, 2.45) is 10.8 Å². The van der Waals surface area contributed by atoms with E-state index in [9.17, 15) is 4.79 Å². The van der Waals surface area contributed by atoms with Crippen LogP contribution in [0.3, 0.4) is 0 Å². The van der Waals surface area contributed by atoms with Crippen molar-refractivity contribution in [3.8, 4) is 6.01 Å². The Morgan fingerprint density at radius 2 is 1.88 bits per heavy atom. The first kappa shape index (κ1) is 22.8. The normalized spacial score (nSPS) is 17.3. The minimum absolute atomic E-state index is 0.247. The van der Waals surface area contributed by atoms with Crippen LogP contribution < -0.4 is 20.8 Å². The molecule has 2 saturated heterocycles. The minimum Gasteiger partial charge on any atom is -0.462 e. The van der Waals surface area contributed by atoms with Gasteiger partial charge < -0.3 is 24.8 Å². The lowest BCUT2D eigenvalue weighted by atomic mass is 10.2. The van der Waals surface area contributed by atoms with Crippen molar-refractivity contribution in [3.63, 3.8) is 0 Å². The lowest BCUT2D eigenvalue weighted by Crippen LogP contribution is -2.39. The van der Waals surface area contributed by atoms with Gasteiger partial charge in [-0.15, -0.1) is 0 Å². The fourth-order valence-electron chi connectivity index (χ4n) is 3.39. The molecule has 0 bridgehead atoms. The van der Waals surface area contributed by atoms with E-state index in [1.165, 1.54) is 6.21 Å². The van der Waals surface area contributed by atoms with Crippen LogP contribution in [0.2, 0.25) is 0 Å². The number of amides is 1. The monoisotopic (exact) mass is 456 g/mol. The van der Waals surface area contributed by atoms with E-state index in [0.717, 1.165) is 32.8 Å². The van der Waals surface area contributed by atoms with Gasteiger partial charge in [-0.25, -0.2) is 0 Å². The van der Waals surface area contributed by atoms with Crippen molar-refractivity contribution in [1.82, 2.24) is 19.9 Å². The summed E-state index contributed by atoms with van der Waals surface area (Å²) in [4.78, 5) is 29.0. The molecule has 176 valence electrons. The Labute approximate surface area is 191 Å². The number of hydrogen-bond acceptors (Lipinski definition) is 11.